The molecule has 1 N–H and O–H groups in total. The second kappa shape index (κ2) is 7.96. The predicted octanol–water partition coefficient (Wildman–Crippen LogP) is 4.54. The van der Waals surface area contributed by atoms with E-state index < -0.39 is 11.8 Å². The van der Waals surface area contributed by atoms with Crippen LogP contribution in [0.15, 0.2) is 60.2 Å². The first kappa shape index (κ1) is 20.8. The first-order valence-corrected chi connectivity index (χ1v) is 10.4. The average Bonchev–Trinajstić information content (AvgIpc) is 3.00. The summed E-state index contributed by atoms with van der Waals surface area (Å²) in [5.41, 5.74) is 6.53. The quantitative estimate of drug-likeness (QED) is 0.378. The number of carbonyl (C=O) groups excluding carboxylic acids is 2. The molecule has 4 rings (SSSR count). The maximum Gasteiger partial charge on any atom is 0.270 e. The van der Waals surface area contributed by atoms with Gasteiger partial charge in [-0.25, -0.2) is 0 Å². The zero-order chi connectivity index (χ0) is 22.3. The van der Waals surface area contributed by atoms with Gasteiger partial charge in [-0.3, -0.25) is 19.8 Å². The first-order chi connectivity index (χ1) is 14.8. The van der Waals surface area contributed by atoms with Gasteiger partial charge in [-0.1, -0.05) is 35.9 Å². The fourth-order valence-corrected chi connectivity index (χ4v) is 4.27. The van der Waals surface area contributed by atoms with Crippen molar-refractivity contribution in [2.45, 2.75) is 27.7 Å². The van der Waals surface area contributed by atoms with Crippen LogP contribution < -0.4 is 10.2 Å². The smallest absolute Gasteiger partial charge is 0.270 e. The van der Waals surface area contributed by atoms with E-state index in [2.05, 4.69) is 9.88 Å². The number of aryl methyl sites for hydroxylation is 3. The summed E-state index contributed by atoms with van der Waals surface area (Å²) < 4.78 is 2.10. The standard InChI is InChI=1S/C25H23N3O2S/c1-15-10-11-22(16(2)12-15)28-24(30)21(23(29)26-25(28)31)14-19-13-17(3)27(18(19)4)20-8-6-5-7-9-20/h5-14H,1-4H3,(H,26,29,31)/b21-14+. The Labute approximate surface area is 187 Å². The van der Waals surface area contributed by atoms with Gasteiger partial charge in [-0.2, -0.15) is 0 Å². The van der Waals surface area contributed by atoms with Crippen LogP contribution in [0.2, 0.25) is 0 Å². The van der Waals surface area contributed by atoms with E-state index >= 15 is 0 Å². The van der Waals surface area contributed by atoms with Crippen LogP contribution in [-0.4, -0.2) is 21.5 Å². The number of nitrogens with one attached hydrogen (secondary N) is 1. The van der Waals surface area contributed by atoms with Gasteiger partial charge in [0.05, 0.1) is 5.69 Å². The molecule has 0 aliphatic carbocycles. The molecule has 156 valence electrons. The Morgan fingerprint density at radius 3 is 2.32 bits per heavy atom. The van der Waals surface area contributed by atoms with Crippen LogP contribution in [0.3, 0.4) is 0 Å². The zero-order valence-electron chi connectivity index (χ0n) is 17.9. The number of rotatable bonds is 3. The summed E-state index contributed by atoms with van der Waals surface area (Å²) >= 11 is 5.33. The first-order valence-electron chi connectivity index (χ1n) is 10.0. The average molecular weight is 430 g/mol. The lowest BCUT2D eigenvalue weighted by Crippen LogP contribution is -2.54. The van der Waals surface area contributed by atoms with Crippen LogP contribution in [0.1, 0.15) is 28.1 Å². The van der Waals surface area contributed by atoms with Crippen molar-refractivity contribution in [3.05, 3.63) is 88.2 Å². The molecule has 1 aliphatic rings. The minimum atomic E-state index is -0.486. The summed E-state index contributed by atoms with van der Waals surface area (Å²) in [6.45, 7) is 7.89. The third kappa shape index (κ3) is 3.70. The highest BCUT2D eigenvalue weighted by atomic mass is 32.1. The molecule has 0 radical (unpaired) electrons. The summed E-state index contributed by atoms with van der Waals surface area (Å²) in [6.07, 6.45) is 1.65. The van der Waals surface area contributed by atoms with Crippen LogP contribution in [-0.2, 0) is 9.59 Å². The van der Waals surface area contributed by atoms with Crippen molar-refractivity contribution in [1.82, 2.24) is 9.88 Å². The Morgan fingerprint density at radius 1 is 0.935 bits per heavy atom. The minimum absolute atomic E-state index is 0.0573. The molecule has 31 heavy (non-hydrogen) atoms. The highest BCUT2D eigenvalue weighted by Crippen LogP contribution is 2.28. The number of para-hydroxylation sites is 1. The van der Waals surface area contributed by atoms with Crippen LogP contribution in [0.5, 0.6) is 0 Å². The second-order valence-electron chi connectivity index (χ2n) is 7.75. The fourth-order valence-electron chi connectivity index (χ4n) is 4.00. The summed E-state index contributed by atoms with van der Waals surface area (Å²) in [4.78, 5) is 27.4. The van der Waals surface area contributed by atoms with Crippen molar-refractivity contribution in [2.24, 2.45) is 0 Å². The van der Waals surface area contributed by atoms with Crippen molar-refractivity contribution in [3.63, 3.8) is 0 Å². The van der Waals surface area contributed by atoms with Gasteiger partial charge in [0.15, 0.2) is 5.11 Å². The molecule has 6 heteroatoms. The lowest BCUT2D eigenvalue weighted by atomic mass is 10.0. The van der Waals surface area contributed by atoms with Crippen molar-refractivity contribution in [3.8, 4) is 5.69 Å². The van der Waals surface area contributed by atoms with Gasteiger partial charge in [-0.15, -0.1) is 0 Å². The number of aromatic nitrogens is 1. The van der Waals surface area contributed by atoms with E-state index in [1.807, 2.05) is 82.3 Å². The second-order valence-corrected chi connectivity index (χ2v) is 8.13. The number of anilines is 1. The molecule has 3 aromatic rings. The summed E-state index contributed by atoms with van der Waals surface area (Å²) in [7, 11) is 0. The third-order valence-corrected chi connectivity index (χ3v) is 5.76. The molecule has 0 saturated carbocycles. The van der Waals surface area contributed by atoms with E-state index in [-0.39, 0.29) is 10.7 Å². The van der Waals surface area contributed by atoms with Gasteiger partial charge in [0.1, 0.15) is 5.57 Å². The van der Waals surface area contributed by atoms with Gasteiger partial charge in [0.2, 0.25) is 0 Å². The highest BCUT2D eigenvalue weighted by molar-refractivity contribution is 7.80. The van der Waals surface area contributed by atoms with E-state index in [0.29, 0.717) is 5.69 Å². The van der Waals surface area contributed by atoms with Gasteiger partial charge in [-0.05, 0) is 81.4 Å². The number of nitrogens with zero attached hydrogens (tertiary/aromatic N) is 2. The van der Waals surface area contributed by atoms with Crippen molar-refractivity contribution < 1.29 is 9.59 Å². The molecule has 0 spiro atoms. The number of hydrogen-bond donors (Lipinski definition) is 1. The van der Waals surface area contributed by atoms with Crippen LogP contribution in [0.25, 0.3) is 11.8 Å². The Hall–Kier alpha value is -3.51. The molecule has 0 bridgehead atoms. The number of carbonyl (C=O) groups is 2. The lowest BCUT2D eigenvalue weighted by molar-refractivity contribution is -0.122. The Morgan fingerprint density at radius 2 is 1.65 bits per heavy atom. The number of hydrogen-bond acceptors (Lipinski definition) is 3. The minimum Gasteiger partial charge on any atom is -0.318 e. The molecular formula is C25H23N3O2S. The third-order valence-electron chi connectivity index (χ3n) is 5.48. The summed E-state index contributed by atoms with van der Waals surface area (Å²) in [5.74, 6) is -0.911. The molecule has 1 fully saturated rings. The number of amides is 2. The molecule has 1 aliphatic heterocycles. The lowest BCUT2D eigenvalue weighted by Gasteiger charge is -2.30. The molecule has 0 atom stereocenters. The maximum absolute atomic E-state index is 13.4. The van der Waals surface area contributed by atoms with E-state index in [9.17, 15) is 9.59 Å². The fraction of sp³-hybridized carbons (Fsp3) is 0.160. The maximum atomic E-state index is 13.4. The molecule has 2 amide bonds. The molecule has 1 saturated heterocycles. The summed E-state index contributed by atoms with van der Waals surface area (Å²) in [5, 5.41) is 2.76. The normalized spacial score (nSPS) is 15.5. The van der Waals surface area contributed by atoms with E-state index in [0.717, 1.165) is 33.8 Å². The zero-order valence-corrected chi connectivity index (χ0v) is 18.7. The van der Waals surface area contributed by atoms with Crippen LogP contribution in [0, 0.1) is 27.7 Å². The van der Waals surface area contributed by atoms with Crippen LogP contribution in [0.4, 0.5) is 5.69 Å². The molecule has 2 heterocycles. The largest absolute Gasteiger partial charge is 0.318 e. The predicted molar refractivity (Wildman–Crippen MR) is 127 cm³/mol. The Balaban J connectivity index is 1.78. The molecule has 5 nitrogen and oxygen atoms in total. The van der Waals surface area contributed by atoms with Gasteiger partial charge in [0.25, 0.3) is 11.8 Å². The molecule has 2 aromatic carbocycles. The van der Waals surface area contributed by atoms with Crippen molar-refractivity contribution in [1.29, 1.82) is 0 Å². The van der Waals surface area contributed by atoms with Crippen molar-refractivity contribution >= 4 is 40.9 Å². The van der Waals surface area contributed by atoms with Crippen molar-refractivity contribution in [2.75, 3.05) is 4.90 Å². The van der Waals surface area contributed by atoms with E-state index in [1.165, 1.54) is 4.90 Å². The van der Waals surface area contributed by atoms with Gasteiger partial charge < -0.3 is 4.57 Å². The number of thiocarbonyl (C=S) groups is 1. The van der Waals surface area contributed by atoms with E-state index in [1.54, 1.807) is 6.08 Å². The molecular weight excluding hydrogens is 406 g/mol. The molecule has 0 unspecified atom stereocenters. The van der Waals surface area contributed by atoms with E-state index in [4.69, 9.17) is 12.2 Å². The Bertz CT molecular complexity index is 1260. The Kier molecular flexibility index (Phi) is 5.33. The van der Waals surface area contributed by atoms with Gasteiger partial charge in [0, 0.05) is 17.1 Å². The molecule has 1 aromatic heterocycles. The number of benzene rings is 2. The SMILES string of the molecule is Cc1ccc(N2C(=O)/C(=C/c3cc(C)n(-c4ccccc4)c3C)C(=O)NC2=S)c(C)c1. The van der Waals surface area contributed by atoms with Gasteiger partial charge >= 0.3 is 0 Å². The summed E-state index contributed by atoms with van der Waals surface area (Å²) in [6, 6.07) is 17.7. The monoisotopic (exact) mass is 429 g/mol. The topological polar surface area (TPSA) is 54.3 Å². The highest BCUT2D eigenvalue weighted by Gasteiger charge is 2.35. The van der Waals surface area contributed by atoms with Crippen LogP contribution >= 0.6 is 12.2 Å².